The summed E-state index contributed by atoms with van der Waals surface area (Å²) >= 11 is 12.5. The van der Waals surface area contributed by atoms with Crippen LogP contribution in [0.15, 0.2) is 66.7 Å². The summed E-state index contributed by atoms with van der Waals surface area (Å²) in [5, 5.41) is 3.69. The molecule has 3 aromatic carbocycles. The number of rotatable bonds is 7. The fourth-order valence-electron chi connectivity index (χ4n) is 2.85. The topological polar surface area (TPSA) is 112 Å². The Labute approximate surface area is 199 Å². The first-order valence-corrected chi connectivity index (χ1v) is 10.4. The Hall–Kier alpha value is -3.88. The van der Waals surface area contributed by atoms with E-state index in [-0.39, 0.29) is 17.7 Å². The average molecular weight is 482 g/mol. The van der Waals surface area contributed by atoms with E-state index in [2.05, 4.69) is 20.3 Å². The van der Waals surface area contributed by atoms with Crippen molar-refractivity contribution in [1.29, 1.82) is 0 Å². The van der Waals surface area contributed by atoms with Crippen molar-refractivity contribution in [1.82, 2.24) is 15.0 Å². The Balaban J connectivity index is 1.72. The van der Waals surface area contributed by atoms with E-state index in [9.17, 15) is 4.79 Å². The van der Waals surface area contributed by atoms with Gasteiger partial charge in [-0.2, -0.15) is 15.0 Å². The third kappa shape index (κ3) is 5.31. The zero-order valence-corrected chi connectivity index (χ0v) is 18.8. The van der Waals surface area contributed by atoms with Gasteiger partial charge in [-0.05, 0) is 60.7 Å². The molecular formula is C23H17Cl2N5O3. The van der Waals surface area contributed by atoms with E-state index in [1.165, 1.54) is 0 Å². The van der Waals surface area contributed by atoms with Crippen molar-refractivity contribution < 1.29 is 14.3 Å². The molecule has 10 heteroatoms. The first-order valence-electron chi connectivity index (χ1n) is 9.62. The number of nitrogens with one attached hydrogen (secondary N) is 1. The second-order valence-electron chi connectivity index (χ2n) is 6.71. The molecular weight excluding hydrogens is 465 g/mol. The molecule has 0 aliphatic carbocycles. The summed E-state index contributed by atoms with van der Waals surface area (Å²) in [5.74, 6) is 0.961. The highest BCUT2D eigenvalue weighted by molar-refractivity contribution is 6.37. The molecule has 1 amide bonds. The molecule has 4 aromatic rings. The summed E-state index contributed by atoms with van der Waals surface area (Å²) in [6.45, 7) is 0. The third-order valence-corrected chi connectivity index (χ3v) is 5.10. The van der Waals surface area contributed by atoms with Crippen molar-refractivity contribution in [2.45, 2.75) is 0 Å². The maximum atomic E-state index is 11.3. The molecule has 0 atom stereocenters. The van der Waals surface area contributed by atoms with Gasteiger partial charge in [0.1, 0.15) is 5.75 Å². The molecule has 166 valence electrons. The standard InChI is InChI=1S/C23H17Cl2N5O3/c1-32-16-11-7-14(8-12-16)21-28-22(27-15-9-5-13(6-10-15)20(26)31)30-23(29-21)33-19-17(24)3-2-4-18(19)25/h2-12H,1H3,(H2,26,31)(H,27,28,29,30). The van der Waals surface area contributed by atoms with Crippen LogP contribution in [0, 0.1) is 0 Å². The number of carbonyl (C=O) groups is 1. The SMILES string of the molecule is COc1ccc(-c2nc(Nc3ccc(C(N)=O)cc3)nc(Oc3c(Cl)cccc3Cl)n2)cc1. The zero-order chi connectivity index (χ0) is 23.4. The molecule has 0 fully saturated rings. The number of anilines is 2. The van der Waals surface area contributed by atoms with Gasteiger partial charge in [-0.25, -0.2) is 0 Å². The minimum atomic E-state index is -0.518. The fraction of sp³-hybridized carbons (Fsp3) is 0.0435. The van der Waals surface area contributed by atoms with Crippen LogP contribution in [0.25, 0.3) is 11.4 Å². The number of nitrogens with two attached hydrogens (primary N) is 1. The number of methoxy groups -OCH3 is 1. The second kappa shape index (κ2) is 9.72. The maximum absolute atomic E-state index is 11.3. The van der Waals surface area contributed by atoms with Crippen LogP contribution in [0.1, 0.15) is 10.4 Å². The Morgan fingerprint density at radius 2 is 1.58 bits per heavy atom. The highest BCUT2D eigenvalue weighted by Gasteiger charge is 2.15. The van der Waals surface area contributed by atoms with Crippen molar-refractivity contribution in [3.63, 3.8) is 0 Å². The Morgan fingerprint density at radius 3 is 2.18 bits per heavy atom. The van der Waals surface area contributed by atoms with Gasteiger partial charge in [0.2, 0.25) is 11.9 Å². The first kappa shape index (κ1) is 22.3. The van der Waals surface area contributed by atoms with E-state index >= 15 is 0 Å². The van der Waals surface area contributed by atoms with Crippen molar-refractivity contribution >= 4 is 40.7 Å². The van der Waals surface area contributed by atoms with E-state index in [1.807, 2.05) is 12.1 Å². The largest absolute Gasteiger partial charge is 0.497 e. The van der Waals surface area contributed by atoms with Gasteiger partial charge in [-0.15, -0.1) is 0 Å². The number of carbonyl (C=O) groups excluding carboxylic acids is 1. The molecule has 0 saturated heterocycles. The van der Waals surface area contributed by atoms with E-state index in [1.54, 1.807) is 61.7 Å². The van der Waals surface area contributed by atoms with Crippen LogP contribution in [0.4, 0.5) is 11.6 Å². The van der Waals surface area contributed by atoms with Crippen LogP contribution in [-0.4, -0.2) is 28.0 Å². The van der Waals surface area contributed by atoms with Crippen LogP contribution < -0.4 is 20.5 Å². The number of amides is 1. The highest BCUT2D eigenvalue weighted by atomic mass is 35.5. The smallest absolute Gasteiger partial charge is 0.327 e. The van der Waals surface area contributed by atoms with Gasteiger partial charge in [-0.1, -0.05) is 29.3 Å². The monoisotopic (exact) mass is 481 g/mol. The Morgan fingerprint density at radius 1 is 0.909 bits per heavy atom. The third-order valence-electron chi connectivity index (χ3n) is 4.50. The molecule has 0 bridgehead atoms. The molecule has 1 aromatic heterocycles. The molecule has 4 rings (SSSR count). The number of halogens is 2. The molecule has 0 spiro atoms. The molecule has 3 N–H and O–H groups in total. The van der Waals surface area contributed by atoms with Gasteiger partial charge in [-0.3, -0.25) is 4.79 Å². The molecule has 33 heavy (non-hydrogen) atoms. The lowest BCUT2D eigenvalue weighted by Crippen LogP contribution is -2.10. The number of aromatic nitrogens is 3. The molecule has 0 aliphatic heterocycles. The predicted octanol–water partition coefficient (Wildman–Crippen LogP) is 5.49. The summed E-state index contributed by atoms with van der Waals surface area (Å²) in [5.41, 5.74) is 7.02. The van der Waals surface area contributed by atoms with Crippen LogP contribution in [-0.2, 0) is 0 Å². The lowest BCUT2D eigenvalue weighted by atomic mass is 10.2. The van der Waals surface area contributed by atoms with E-state index in [0.717, 1.165) is 0 Å². The average Bonchev–Trinajstić information content (AvgIpc) is 2.82. The number of hydrogen-bond acceptors (Lipinski definition) is 7. The number of primary amides is 1. The minimum absolute atomic E-state index is 0.0120. The van der Waals surface area contributed by atoms with E-state index < -0.39 is 5.91 Å². The van der Waals surface area contributed by atoms with Crippen molar-refractivity contribution in [2.24, 2.45) is 5.73 Å². The normalized spacial score (nSPS) is 10.5. The molecule has 8 nitrogen and oxygen atoms in total. The highest BCUT2D eigenvalue weighted by Crippen LogP contribution is 2.35. The Kier molecular flexibility index (Phi) is 6.58. The molecule has 0 aliphatic rings. The lowest BCUT2D eigenvalue weighted by Gasteiger charge is -2.12. The van der Waals surface area contributed by atoms with E-state index in [4.69, 9.17) is 38.4 Å². The summed E-state index contributed by atoms with van der Waals surface area (Å²) in [6.07, 6.45) is 0. The van der Waals surface area contributed by atoms with Gasteiger partial charge in [0.15, 0.2) is 11.6 Å². The number of hydrogen-bond donors (Lipinski definition) is 2. The minimum Gasteiger partial charge on any atom is -0.497 e. The summed E-state index contributed by atoms with van der Waals surface area (Å²) in [7, 11) is 1.59. The lowest BCUT2D eigenvalue weighted by molar-refractivity contribution is 0.100. The van der Waals surface area contributed by atoms with Crippen LogP contribution >= 0.6 is 23.2 Å². The quantitative estimate of drug-likeness (QED) is 0.358. The summed E-state index contributed by atoms with van der Waals surface area (Å²) in [4.78, 5) is 24.5. The fourth-order valence-corrected chi connectivity index (χ4v) is 3.32. The molecule has 0 saturated carbocycles. The zero-order valence-electron chi connectivity index (χ0n) is 17.3. The van der Waals surface area contributed by atoms with Crippen molar-refractivity contribution in [3.8, 4) is 28.9 Å². The first-order chi connectivity index (χ1) is 15.9. The maximum Gasteiger partial charge on any atom is 0.327 e. The summed E-state index contributed by atoms with van der Waals surface area (Å²) in [6, 6.07) is 18.7. The van der Waals surface area contributed by atoms with Crippen LogP contribution in [0.5, 0.6) is 17.5 Å². The van der Waals surface area contributed by atoms with Gasteiger partial charge < -0.3 is 20.5 Å². The second-order valence-corrected chi connectivity index (χ2v) is 7.53. The predicted molar refractivity (Wildman–Crippen MR) is 127 cm³/mol. The van der Waals surface area contributed by atoms with Crippen molar-refractivity contribution in [2.75, 3.05) is 12.4 Å². The number of para-hydroxylation sites is 1. The van der Waals surface area contributed by atoms with Gasteiger partial charge in [0.25, 0.3) is 0 Å². The molecule has 0 radical (unpaired) electrons. The number of ether oxygens (including phenoxy) is 2. The van der Waals surface area contributed by atoms with Gasteiger partial charge >= 0.3 is 6.01 Å². The van der Waals surface area contributed by atoms with Crippen LogP contribution in [0.3, 0.4) is 0 Å². The van der Waals surface area contributed by atoms with E-state index in [0.29, 0.717) is 38.4 Å². The Bertz CT molecular complexity index is 1280. The molecule has 0 unspecified atom stereocenters. The number of nitrogens with zero attached hydrogens (tertiary/aromatic N) is 3. The molecule has 1 heterocycles. The number of benzene rings is 3. The summed E-state index contributed by atoms with van der Waals surface area (Å²) < 4.78 is 11.0. The van der Waals surface area contributed by atoms with Gasteiger partial charge in [0.05, 0.1) is 17.2 Å². The van der Waals surface area contributed by atoms with Crippen molar-refractivity contribution in [3.05, 3.63) is 82.3 Å². The van der Waals surface area contributed by atoms with Crippen LogP contribution in [0.2, 0.25) is 10.0 Å². The van der Waals surface area contributed by atoms with Gasteiger partial charge in [0, 0.05) is 16.8 Å².